The SMILES string of the molecule is C/C=C\C(=C/C=NC)C(C)(C)CC. The van der Waals surface area contributed by atoms with Gasteiger partial charge in [0.25, 0.3) is 0 Å². The molecule has 0 aliphatic carbocycles. The van der Waals surface area contributed by atoms with Crippen LogP contribution in [-0.4, -0.2) is 13.3 Å². The van der Waals surface area contributed by atoms with Crippen LogP contribution < -0.4 is 0 Å². The van der Waals surface area contributed by atoms with Crippen LogP contribution in [0.15, 0.2) is 28.8 Å². The number of aliphatic imine (C=N–C) groups is 1. The second kappa shape index (κ2) is 5.74. The minimum Gasteiger partial charge on any atom is -0.297 e. The van der Waals surface area contributed by atoms with Crippen LogP contribution in [0, 0.1) is 5.41 Å². The Morgan fingerprint density at radius 1 is 1.38 bits per heavy atom. The first-order chi connectivity index (χ1) is 6.08. The fraction of sp³-hybridized carbons (Fsp3) is 0.583. The minimum absolute atomic E-state index is 0.244. The van der Waals surface area contributed by atoms with Crippen molar-refractivity contribution in [3.8, 4) is 0 Å². The summed E-state index contributed by atoms with van der Waals surface area (Å²) in [6, 6.07) is 0. The van der Waals surface area contributed by atoms with Crippen LogP contribution in [0.25, 0.3) is 0 Å². The van der Waals surface area contributed by atoms with Gasteiger partial charge in [-0.05, 0) is 30.4 Å². The van der Waals surface area contributed by atoms with Crippen molar-refractivity contribution in [2.75, 3.05) is 7.05 Å². The molecule has 0 radical (unpaired) electrons. The van der Waals surface area contributed by atoms with Crippen molar-refractivity contribution in [2.45, 2.75) is 34.1 Å². The van der Waals surface area contributed by atoms with Crippen LogP contribution in [0.4, 0.5) is 0 Å². The highest BCUT2D eigenvalue weighted by Gasteiger charge is 2.17. The van der Waals surface area contributed by atoms with E-state index in [4.69, 9.17) is 0 Å². The first kappa shape index (κ1) is 12.2. The number of nitrogens with zero attached hydrogens (tertiary/aromatic N) is 1. The van der Waals surface area contributed by atoms with E-state index in [2.05, 4.69) is 44.0 Å². The Hall–Kier alpha value is -0.850. The molecule has 74 valence electrons. The van der Waals surface area contributed by atoms with Gasteiger partial charge < -0.3 is 0 Å². The normalized spacial score (nSPS) is 14.7. The molecule has 0 aromatic rings. The van der Waals surface area contributed by atoms with E-state index >= 15 is 0 Å². The van der Waals surface area contributed by atoms with Gasteiger partial charge in [0.2, 0.25) is 0 Å². The molecule has 0 fully saturated rings. The predicted octanol–water partition coefficient (Wildman–Crippen LogP) is 3.63. The zero-order valence-electron chi connectivity index (χ0n) is 9.46. The molecule has 0 atom stereocenters. The van der Waals surface area contributed by atoms with E-state index in [1.54, 1.807) is 7.05 Å². The van der Waals surface area contributed by atoms with E-state index in [1.807, 2.05) is 13.1 Å². The zero-order chi connectivity index (χ0) is 10.3. The van der Waals surface area contributed by atoms with Crippen LogP contribution >= 0.6 is 0 Å². The standard InChI is InChI=1S/C12H21N/c1-6-8-11(9-10-13-5)12(3,4)7-2/h6,8-10H,7H2,1-5H3/b8-6-,11-9+,13-10?. The Balaban J connectivity index is 4.80. The lowest BCUT2D eigenvalue weighted by atomic mass is 9.81. The molecule has 1 nitrogen and oxygen atoms in total. The summed E-state index contributed by atoms with van der Waals surface area (Å²) < 4.78 is 0. The van der Waals surface area contributed by atoms with Gasteiger partial charge in [-0.1, -0.05) is 32.9 Å². The monoisotopic (exact) mass is 179 g/mol. The highest BCUT2D eigenvalue weighted by atomic mass is 14.6. The number of allylic oxidation sites excluding steroid dienone is 4. The molecule has 0 aromatic heterocycles. The fourth-order valence-corrected chi connectivity index (χ4v) is 1.05. The van der Waals surface area contributed by atoms with Crippen LogP contribution in [0.3, 0.4) is 0 Å². The van der Waals surface area contributed by atoms with Crippen molar-refractivity contribution in [3.63, 3.8) is 0 Å². The molecule has 0 saturated heterocycles. The molecule has 0 N–H and O–H groups in total. The van der Waals surface area contributed by atoms with Gasteiger partial charge in [0.05, 0.1) is 0 Å². The Bertz CT molecular complexity index is 219. The maximum atomic E-state index is 3.97. The molecule has 0 aliphatic rings. The summed E-state index contributed by atoms with van der Waals surface area (Å²) in [5, 5.41) is 0. The third kappa shape index (κ3) is 4.07. The highest BCUT2D eigenvalue weighted by molar-refractivity contribution is 5.73. The van der Waals surface area contributed by atoms with E-state index in [-0.39, 0.29) is 5.41 Å². The first-order valence-electron chi connectivity index (χ1n) is 4.84. The Morgan fingerprint density at radius 3 is 2.38 bits per heavy atom. The van der Waals surface area contributed by atoms with Crippen molar-refractivity contribution in [1.29, 1.82) is 0 Å². The topological polar surface area (TPSA) is 12.4 Å². The number of hydrogen-bond donors (Lipinski definition) is 0. The van der Waals surface area contributed by atoms with Crippen molar-refractivity contribution < 1.29 is 0 Å². The molecule has 13 heavy (non-hydrogen) atoms. The molecule has 0 aromatic carbocycles. The first-order valence-corrected chi connectivity index (χ1v) is 4.84. The lowest BCUT2D eigenvalue weighted by Gasteiger charge is -2.24. The molecule has 0 amide bonds. The van der Waals surface area contributed by atoms with Gasteiger partial charge in [-0.15, -0.1) is 0 Å². The summed E-state index contributed by atoms with van der Waals surface area (Å²) in [6.07, 6.45) is 9.31. The molecular formula is C12H21N. The highest BCUT2D eigenvalue weighted by Crippen LogP contribution is 2.30. The average Bonchev–Trinajstić information content (AvgIpc) is 2.12. The second-order valence-corrected chi connectivity index (χ2v) is 3.77. The molecule has 0 spiro atoms. The number of hydrogen-bond acceptors (Lipinski definition) is 1. The molecular weight excluding hydrogens is 158 g/mol. The van der Waals surface area contributed by atoms with Crippen LogP contribution in [0.5, 0.6) is 0 Å². The summed E-state index contributed by atoms with van der Waals surface area (Å²) in [5.74, 6) is 0. The average molecular weight is 179 g/mol. The van der Waals surface area contributed by atoms with Gasteiger partial charge in [0.1, 0.15) is 0 Å². The summed E-state index contributed by atoms with van der Waals surface area (Å²) in [5.41, 5.74) is 1.58. The van der Waals surface area contributed by atoms with E-state index in [9.17, 15) is 0 Å². The summed E-state index contributed by atoms with van der Waals surface area (Å²) in [7, 11) is 1.79. The van der Waals surface area contributed by atoms with Gasteiger partial charge in [0.15, 0.2) is 0 Å². The Kier molecular flexibility index (Phi) is 5.36. The van der Waals surface area contributed by atoms with Gasteiger partial charge in [0, 0.05) is 13.3 Å². The fourth-order valence-electron chi connectivity index (χ4n) is 1.05. The summed E-state index contributed by atoms with van der Waals surface area (Å²) in [6.45, 7) is 8.76. The quantitative estimate of drug-likeness (QED) is 0.461. The second-order valence-electron chi connectivity index (χ2n) is 3.77. The van der Waals surface area contributed by atoms with Gasteiger partial charge in [-0.2, -0.15) is 0 Å². The van der Waals surface area contributed by atoms with E-state index in [1.165, 1.54) is 5.57 Å². The lowest BCUT2D eigenvalue weighted by molar-refractivity contribution is 0.440. The number of rotatable bonds is 4. The molecule has 0 unspecified atom stereocenters. The van der Waals surface area contributed by atoms with Crippen LogP contribution in [0.2, 0.25) is 0 Å². The smallest absolute Gasteiger partial charge is 0.0277 e. The predicted molar refractivity (Wildman–Crippen MR) is 61.4 cm³/mol. The maximum absolute atomic E-state index is 3.97. The molecule has 0 bridgehead atoms. The van der Waals surface area contributed by atoms with E-state index in [0.717, 1.165) is 6.42 Å². The van der Waals surface area contributed by atoms with Crippen LogP contribution in [0.1, 0.15) is 34.1 Å². The lowest BCUT2D eigenvalue weighted by Crippen LogP contribution is -2.12. The molecule has 0 rings (SSSR count). The maximum Gasteiger partial charge on any atom is 0.0277 e. The zero-order valence-corrected chi connectivity index (χ0v) is 9.46. The van der Waals surface area contributed by atoms with Crippen molar-refractivity contribution in [1.82, 2.24) is 0 Å². The summed E-state index contributed by atoms with van der Waals surface area (Å²) >= 11 is 0. The molecule has 0 aliphatic heterocycles. The molecule has 1 heteroatoms. The van der Waals surface area contributed by atoms with E-state index in [0.29, 0.717) is 0 Å². The van der Waals surface area contributed by atoms with Crippen molar-refractivity contribution >= 4 is 6.21 Å². The van der Waals surface area contributed by atoms with Gasteiger partial charge in [-0.25, -0.2) is 0 Å². The summed E-state index contributed by atoms with van der Waals surface area (Å²) in [4.78, 5) is 3.97. The molecule has 0 saturated carbocycles. The largest absolute Gasteiger partial charge is 0.297 e. The van der Waals surface area contributed by atoms with Gasteiger partial charge >= 0.3 is 0 Å². The van der Waals surface area contributed by atoms with Gasteiger partial charge in [-0.3, -0.25) is 4.99 Å². The van der Waals surface area contributed by atoms with Crippen molar-refractivity contribution in [2.24, 2.45) is 10.4 Å². The van der Waals surface area contributed by atoms with Crippen molar-refractivity contribution in [3.05, 3.63) is 23.8 Å². The van der Waals surface area contributed by atoms with E-state index < -0.39 is 0 Å². The third-order valence-electron chi connectivity index (χ3n) is 2.41. The minimum atomic E-state index is 0.244. The molecule has 0 heterocycles. The third-order valence-corrected chi connectivity index (χ3v) is 2.41. The van der Waals surface area contributed by atoms with Crippen LogP contribution in [-0.2, 0) is 0 Å². The Morgan fingerprint density at radius 2 is 2.00 bits per heavy atom. The Labute approximate surface area is 82.3 Å².